The zero-order valence-electron chi connectivity index (χ0n) is 22.4. The molecule has 4 N–H and O–H groups in total. The molecule has 9 heteroatoms. The second kappa shape index (κ2) is 11.3. The summed E-state index contributed by atoms with van der Waals surface area (Å²) in [5.41, 5.74) is 11.8. The van der Waals surface area contributed by atoms with E-state index in [4.69, 9.17) is 5.73 Å². The fourth-order valence-corrected chi connectivity index (χ4v) is 5.90. The highest BCUT2D eigenvalue weighted by Crippen LogP contribution is 2.51. The molecule has 1 aliphatic heterocycles. The molecule has 40 heavy (non-hydrogen) atoms. The molecule has 2 unspecified atom stereocenters. The molecule has 3 aromatic rings. The van der Waals surface area contributed by atoms with E-state index in [0.717, 1.165) is 36.8 Å². The number of alkyl halides is 3. The van der Waals surface area contributed by atoms with Gasteiger partial charge in [-0.1, -0.05) is 55.8 Å². The molecular weight excluding hydrogens is 517 g/mol. The van der Waals surface area contributed by atoms with Crippen LogP contribution in [-0.2, 0) is 11.2 Å². The summed E-state index contributed by atoms with van der Waals surface area (Å²) < 4.78 is 39.3. The lowest BCUT2D eigenvalue weighted by Gasteiger charge is -2.31. The molecule has 0 saturated carbocycles. The number of nitrogens with two attached hydrogens (primary N) is 1. The maximum absolute atomic E-state index is 13.9. The summed E-state index contributed by atoms with van der Waals surface area (Å²) in [6, 6.07) is 18.2. The van der Waals surface area contributed by atoms with E-state index in [2.05, 4.69) is 17.6 Å². The molecule has 0 bridgehead atoms. The van der Waals surface area contributed by atoms with Crippen molar-refractivity contribution >= 4 is 23.2 Å². The number of unbranched alkanes of at least 4 members (excludes halogenated alkanes) is 1. The molecule has 210 valence electrons. The number of carbonyl (C=O) groups is 2. The topological polar surface area (TPSA) is 87.5 Å². The highest BCUT2D eigenvalue weighted by Gasteiger charge is 2.41. The Morgan fingerprint density at radius 2 is 1.77 bits per heavy atom. The van der Waals surface area contributed by atoms with Crippen LogP contribution in [0.2, 0.25) is 0 Å². The molecule has 2 amide bonds. The van der Waals surface area contributed by atoms with E-state index in [1.165, 1.54) is 0 Å². The van der Waals surface area contributed by atoms with Gasteiger partial charge in [0, 0.05) is 12.2 Å². The van der Waals surface area contributed by atoms with Gasteiger partial charge in [0.25, 0.3) is 5.91 Å². The first-order valence-electron chi connectivity index (χ1n) is 13.7. The zero-order valence-corrected chi connectivity index (χ0v) is 22.4. The second-order valence-electron chi connectivity index (χ2n) is 10.4. The number of benzene rings is 3. The van der Waals surface area contributed by atoms with E-state index >= 15 is 0 Å². The summed E-state index contributed by atoms with van der Waals surface area (Å²) in [5, 5.41) is 5.11. The predicted octanol–water partition coefficient (Wildman–Crippen LogP) is 5.96. The smallest absolute Gasteiger partial charge is 0.355 e. The van der Waals surface area contributed by atoms with Crippen molar-refractivity contribution in [1.29, 1.82) is 0 Å². The number of para-hydroxylation sites is 1. The van der Waals surface area contributed by atoms with Crippen molar-refractivity contribution in [2.75, 3.05) is 23.3 Å². The van der Waals surface area contributed by atoms with Gasteiger partial charge in [-0.3, -0.25) is 9.59 Å². The number of hydrogen-bond donors (Lipinski definition) is 3. The van der Waals surface area contributed by atoms with Gasteiger partial charge < -0.3 is 21.3 Å². The van der Waals surface area contributed by atoms with Crippen LogP contribution < -0.4 is 21.3 Å². The van der Waals surface area contributed by atoms with E-state index in [1.54, 1.807) is 30.3 Å². The van der Waals surface area contributed by atoms with Gasteiger partial charge in [0.15, 0.2) is 0 Å². The van der Waals surface area contributed by atoms with Crippen LogP contribution in [0.1, 0.15) is 65.6 Å². The monoisotopic (exact) mass is 550 g/mol. The largest absolute Gasteiger partial charge is 0.405 e. The maximum atomic E-state index is 13.9. The number of rotatable bonds is 8. The SMILES string of the molecule is CCCCc1c2c(cc(C(=O)Nc3ccccc3)c1N1CCCC1N)-c1ccccc1C2C(=O)NCC(F)(F)F. The van der Waals surface area contributed by atoms with Crippen LogP contribution in [0.25, 0.3) is 11.1 Å². The second-order valence-corrected chi connectivity index (χ2v) is 10.4. The Hall–Kier alpha value is -3.85. The first kappa shape index (κ1) is 27.7. The minimum atomic E-state index is -4.53. The Kier molecular flexibility index (Phi) is 7.85. The molecule has 2 atom stereocenters. The van der Waals surface area contributed by atoms with Crippen molar-refractivity contribution in [3.05, 3.63) is 82.9 Å². The van der Waals surface area contributed by atoms with Crippen LogP contribution in [0, 0.1) is 0 Å². The third-order valence-electron chi connectivity index (χ3n) is 7.66. The molecule has 1 fully saturated rings. The summed E-state index contributed by atoms with van der Waals surface area (Å²) >= 11 is 0. The van der Waals surface area contributed by atoms with Crippen molar-refractivity contribution in [1.82, 2.24) is 5.32 Å². The lowest BCUT2D eigenvalue weighted by Crippen LogP contribution is -2.39. The molecule has 5 rings (SSSR count). The van der Waals surface area contributed by atoms with Crippen molar-refractivity contribution in [2.24, 2.45) is 5.73 Å². The van der Waals surface area contributed by atoms with Crippen LogP contribution >= 0.6 is 0 Å². The van der Waals surface area contributed by atoms with E-state index in [-0.39, 0.29) is 12.1 Å². The molecule has 2 aliphatic rings. The van der Waals surface area contributed by atoms with Crippen LogP contribution in [-0.4, -0.2) is 37.2 Å². The Balaban J connectivity index is 1.72. The van der Waals surface area contributed by atoms with Crippen molar-refractivity contribution < 1.29 is 22.8 Å². The molecule has 1 aliphatic carbocycles. The third-order valence-corrected chi connectivity index (χ3v) is 7.66. The van der Waals surface area contributed by atoms with Crippen LogP contribution in [0.3, 0.4) is 0 Å². The van der Waals surface area contributed by atoms with Gasteiger partial charge in [0.1, 0.15) is 6.54 Å². The van der Waals surface area contributed by atoms with E-state index in [0.29, 0.717) is 46.6 Å². The fraction of sp³-hybridized carbons (Fsp3) is 0.355. The number of halogens is 3. The Morgan fingerprint density at radius 3 is 2.45 bits per heavy atom. The number of anilines is 2. The molecule has 0 aromatic heterocycles. The zero-order chi connectivity index (χ0) is 28.4. The average molecular weight is 551 g/mol. The number of nitrogens with zero attached hydrogens (tertiary/aromatic N) is 1. The van der Waals surface area contributed by atoms with Gasteiger partial charge in [0.05, 0.1) is 23.3 Å². The number of nitrogens with one attached hydrogen (secondary N) is 2. The lowest BCUT2D eigenvalue weighted by molar-refractivity contribution is -0.138. The molecule has 0 radical (unpaired) electrons. The quantitative estimate of drug-likeness (QED) is 0.323. The average Bonchev–Trinajstić information content (AvgIpc) is 3.50. The Labute approximate surface area is 231 Å². The molecular formula is C31H33F3N4O2. The van der Waals surface area contributed by atoms with E-state index in [9.17, 15) is 22.8 Å². The van der Waals surface area contributed by atoms with E-state index in [1.807, 2.05) is 35.2 Å². The minimum absolute atomic E-state index is 0.302. The number of hydrogen-bond acceptors (Lipinski definition) is 4. The van der Waals surface area contributed by atoms with Crippen LogP contribution in [0.15, 0.2) is 60.7 Å². The minimum Gasteiger partial charge on any atom is -0.355 e. The normalized spacial score (nSPS) is 17.9. The number of amides is 2. The summed E-state index contributed by atoms with van der Waals surface area (Å²) in [6.45, 7) is 1.28. The first-order chi connectivity index (χ1) is 19.2. The first-order valence-corrected chi connectivity index (χ1v) is 13.7. The summed E-state index contributed by atoms with van der Waals surface area (Å²) in [5.74, 6) is -1.94. The van der Waals surface area contributed by atoms with Crippen LogP contribution in [0.5, 0.6) is 0 Å². The van der Waals surface area contributed by atoms with Gasteiger partial charge in [-0.25, -0.2) is 0 Å². The molecule has 1 heterocycles. The fourth-order valence-electron chi connectivity index (χ4n) is 5.90. The van der Waals surface area contributed by atoms with Gasteiger partial charge in [0.2, 0.25) is 5.91 Å². The number of carbonyl (C=O) groups excluding carboxylic acids is 2. The summed E-state index contributed by atoms with van der Waals surface area (Å²) in [7, 11) is 0. The lowest BCUT2D eigenvalue weighted by atomic mass is 9.86. The predicted molar refractivity (Wildman–Crippen MR) is 150 cm³/mol. The Morgan fingerprint density at radius 1 is 1.05 bits per heavy atom. The molecule has 1 saturated heterocycles. The van der Waals surface area contributed by atoms with Gasteiger partial charge in [-0.15, -0.1) is 0 Å². The number of fused-ring (bicyclic) bond motifs is 3. The maximum Gasteiger partial charge on any atom is 0.405 e. The third kappa shape index (κ3) is 5.43. The highest BCUT2D eigenvalue weighted by molar-refractivity contribution is 6.11. The Bertz CT molecular complexity index is 1410. The van der Waals surface area contributed by atoms with E-state index < -0.39 is 24.5 Å². The summed E-state index contributed by atoms with van der Waals surface area (Å²) in [6.07, 6.45) is -1.06. The van der Waals surface area contributed by atoms with Crippen molar-refractivity contribution in [2.45, 2.75) is 57.3 Å². The van der Waals surface area contributed by atoms with Crippen molar-refractivity contribution in [3.63, 3.8) is 0 Å². The van der Waals surface area contributed by atoms with Gasteiger partial charge >= 0.3 is 6.18 Å². The highest BCUT2D eigenvalue weighted by atomic mass is 19.4. The summed E-state index contributed by atoms with van der Waals surface area (Å²) in [4.78, 5) is 29.4. The van der Waals surface area contributed by atoms with Crippen LogP contribution in [0.4, 0.5) is 24.5 Å². The van der Waals surface area contributed by atoms with Gasteiger partial charge in [-0.05, 0) is 71.7 Å². The molecule has 0 spiro atoms. The van der Waals surface area contributed by atoms with Crippen molar-refractivity contribution in [3.8, 4) is 11.1 Å². The van der Waals surface area contributed by atoms with Gasteiger partial charge in [-0.2, -0.15) is 13.2 Å². The molecule has 3 aromatic carbocycles. The standard InChI is InChI=1S/C31H33F3N4O2/c1-2-3-12-22-26-23(20-13-7-8-14-21(20)27(26)30(40)36-18-31(32,33)34)17-24(28(22)38-16-9-15-25(38)35)29(39)37-19-10-5-4-6-11-19/h4-8,10-11,13-14,17,25,27H,2-3,9,12,15-16,18,35H2,1H3,(H,36,40)(H,37,39). The molecule has 6 nitrogen and oxygen atoms in total.